The average Bonchev–Trinajstić information content (AvgIpc) is 2.71. The van der Waals surface area contributed by atoms with Crippen LogP contribution >= 0.6 is 11.6 Å². The van der Waals surface area contributed by atoms with Gasteiger partial charge in [0.2, 0.25) is 0 Å². The Balaban J connectivity index is 2.28. The fraction of sp³-hybridized carbons (Fsp3) is 0.600. The Kier molecular flexibility index (Phi) is 4.71. The molecule has 0 spiro atoms. The summed E-state index contributed by atoms with van der Waals surface area (Å²) >= 11 is 6.44. The fourth-order valence-corrected chi connectivity index (χ4v) is 3.37. The van der Waals surface area contributed by atoms with Crippen LogP contribution < -0.4 is 10.2 Å². The molecule has 1 fully saturated rings. The lowest BCUT2D eigenvalue weighted by Gasteiger charge is -2.25. The van der Waals surface area contributed by atoms with Crippen molar-refractivity contribution in [3.63, 3.8) is 0 Å². The maximum Gasteiger partial charge on any atom is 0.0642 e. The van der Waals surface area contributed by atoms with Crippen molar-refractivity contribution in [2.24, 2.45) is 5.92 Å². The van der Waals surface area contributed by atoms with Gasteiger partial charge in [-0.3, -0.25) is 0 Å². The normalized spacial score (nSPS) is 23.4. The Bertz CT molecular complexity index is 433. The number of likely N-dealkylation sites (N-methyl/N-ethyl adjacent to an activating group) is 1. The molecule has 2 unspecified atom stereocenters. The zero-order chi connectivity index (χ0) is 14.0. The standard InChI is InChI=1S/C15H24ClN3/c1-11-9-19(10-14(11)18(3)4)15-12(8-17-2)6-5-7-13(15)16/h5-7,11,14,17H,8-10H2,1-4H3. The SMILES string of the molecule is CNCc1cccc(Cl)c1N1CC(C)C(N(C)C)C1. The lowest BCUT2D eigenvalue weighted by molar-refractivity contribution is 0.266. The van der Waals surface area contributed by atoms with Gasteiger partial charge in [0.1, 0.15) is 0 Å². The number of hydrogen-bond donors (Lipinski definition) is 1. The molecule has 1 aliphatic heterocycles. The van der Waals surface area contributed by atoms with Crippen molar-refractivity contribution in [2.45, 2.75) is 19.5 Å². The molecule has 4 heteroatoms. The summed E-state index contributed by atoms with van der Waals surface area (Å²) in [6, 6.07) is 6.77. The Labute approximate surface area is 121 Å². The molecule has 0 saturated carbocycles. The highest BCUT2D eigenvalue weighted by atomic mass is 35.5. The number of benzene rings is 1. The van der Waals surface area contributed by atoms with E-state index in [0.717, 1.165) is 24.7 Å². The maximum atomic E-state index is 6.44. The number of nitrogens with zero attached hydrogens (tertiary/aromatic N) is 2. The van der Waals surface area contributed by atoms with Gasteiger partial charge in [-0.15, -0.1) is 0 Å². The lowest BCUT2D eigenvalue weighted by Crippen LogP contribution is -2.34. The first-order valence-electron chi connectivity index (χ1n) is 6.88. The molecular formula is C15H24ClN3. The molecular weight excluding hydrogens is 258 g/mol. The molecule has 1 saturated heterocycles. The Morgan fingerprint density at radius 2 is 2.11 bits per heavy atom. The molecule has 0 amide bonds. The minimum absolute atomic E-state index is 0.596. The van der Waals surface area contributed by atoms with Crippen LogP contribution in [0, 0.1) is 5.92 Å². The summed E-state index contributed by atoms with van der Waals surface area (Å²) < 4.78 is 0. The maximum absolute atomic E-state index is 6.44. The number of rotatable bonds is 4. The first-order valence-corrected chi connectivity index (χ1v) is 7.25. The van der Waals surface area contributed by atoms with Crippen molar-refractivity contribution in [1.82, 2.24) is 10.2 Å². The third-order valence-electron chi connectivity index (χ3n) is 3.99. The number of hydrogen-bond acceptors (Lipinski definition) is 3. The molecule has 1 N–H and O–H groups in total. The lowest BCUT2D eigenvalue weighted by atomic mass is 10.1. The molecule has 2 rings (SSSR count). The Hall–Kier alpha value is -0.770. The summed E-state index contributed by atoms with van der Waals surface area (Å²) in [6.07, 6.45) is 0. The molecule has 0 bridgehead atoms. The van der Waals surface area contributed by atoms with E-state index in [1.54, 1.807) is 0 Å². The smallest absolute Gasteiger partial charge is 0.0642 e. The average molecular weight is 282 g/mol. The summed E-state index contributed by atoms with van der Waals surface area (Å²) in [4.78, 5) is 4.75. The molecule has 1 aromatic carbocycles. The van der Waals surface area contributed by atoms with Gasteiger partial charge in [-0.1, -0.05) is 30.7 Å². The number of anilines is 1. The van der Waals surface area contributed by atoms with Gasteiger partial charge in [0.15, 0.2) is 0 Å². The van der Waals surface area contributed by atoms with E-state index < -0.39 is 0 Å². The molecule has 1 aromatic rings. The number of para-hydroxylation sites is 1. The van der Waals surface area contributed by atoms with Crippen molar-refractivity contribution in [1.29, 1.82) is 0 Å². The summed E-state index contributed by atoms with van der Waals surface area (Å²) in [5.41, 5.74) is 2.48. The molecule has 1 aliphatic rings. The second-order valence-corrected chi connectivity index (χ2v) is 6.10. The molecule has 19 heavy (non-hydrogen) atoms. The topological polar surface area (TPSA) is 18.5 Å². The van der Waals surface area contributed by atoms with E-state index in [4.69, 9.17) is 11.6 Å². The molecule has 0 aliphatic carbocycles. The third kappa shape index (κ3) is 3.04. The van der Waals surface area contributed by atoms with Crippen molar-refractivity contribution < 1.29 is 0 Å². The van der Waals surface area contributed by atoms with Gasteiger partial charge in [0.05, 0.1) is 10.7 Å². The quantitative estimate of drug-likeness (QED) is 0.915. The summed E-state index contributed by atoms with van der Waals surface area (Å²) in [5.74, 6) is 0.661. The van der Waals surface area contributed by atoms with Gasteiger partial charge in [0.25, 0.3) is 0 Å². The largest absolute Gasteiger partial charge is 0.368 e. The minimum Gasteiger partial charge on any atom is -0.368 e. The highest BCUT2D eigenvalue weighted by Crippen LogP contribution is 2.34. The van der Waals surface area contributed by atoms with E-state index in [1.165, 1.54) is 11.3 Å². The highest BCUT2D eigenvalue weighted by Gasteiger charge is 2.32. The summed E-state index contributed by atoms with van der Waals surface area (Å²) in [5, 5.41) is 4.09. The van der Waals surface area contributed by atoms with E-state index in [1.807, 2.05) is 19.2 Å². The van der Waals surface area contributed by atoms with E-state index in [-0.39, 0.29) is 0 Å². The van der Waals surface area contributed by atoms with Gasteiger partial charge in [0, 0.05) is 25.7 Å². The van der Waals surface area contributed by atoms with Gasteiger partial charge in [-0.25, -0.2) is 0 Å². The first kappa shape index (κ1) is 14.6. The zero-order valence-electron chi connectivity index (χ0n) is 12.3. The molecule has 3 nitrogen and oxygen atoms in total. The van der Waals surface area contributed by atoms with E-state index in [0.29, 0.717) is 12.0 Å². The molecule has 1 heterocycles. The van der Waals surface area contributed by atoms with Crippen molar-refractivity contribution >= 4 is 17.3 Å². The van der Waals surface area contributed by atoms with Gasteiger partial charge >= 0.3 is 0 Å². The van der Waals surface area contributed by atoms with Gasteiger partial charge in [-0.2, -0.15) is 0 Å². The Morgan fingerprint density at radius 3 is 2.68 bits per heavy atom. The number of nitrogens with one attached hydrogen (secondary N) is 1. The molecule has 106 valence electrons. The molecule has 0 aromatic heterocycles. The Morgan fingerprint density at radius 1 is 1.37 bits per heavy atom. The van der Waals surface area contributed by atoms with Crippen molar-refractivity contribution in [2.75, 3.05) is 39.1 Å². The first-order chi connectivity index (χ1) is 9.04. The number of halogens is 1. The fourth-order valence-electron chi connectivity index (χ4n) is 3.05. The third-order valence-corrected chi connectivity index (χ3v) is 4.29. The van der Waals surface area contributed by atoms with Crippen LogP contribution in [0.25, 0.3) is 0 Å². The monoisotopic (exact) mass is 281 g/mol. The minimum atomic E-state index is 0.596. The van der Waals surface area contributed by atoms with E-state index >= 15 is 0 Å². The van der Waals surface area contributed by atoms with Crippen LogP contribution in [-0.4, -0.2) is 45.2 Å². The molecule has 2 atom stereocenters. The van der Waals surface area contributed by atoms with E-state index in [9.17, 15) is 0 Å². The second kappa shape index (κ2) is 6.12. The van der Waals surface area contributed by atoms with Crippen LogP contribution in [0.1, 0.15) is 12.5 Å². The van der Waals surface area contributed by atoms with Crippen LogP contribution in [0.15, 0.2) is 18.2 Å². The van der Waals surface area contributed by atoms with Crippen LogP contribution in [0.4, 0.5) is 5.69 Å². The predicted octanol–water partition coefficient (Wildman–Crippen LogP) is 2.45. The summed E-state index contributed by atoms with van der Waals surface area (Å²) in [7, 11) is 6.29. The van der Waals surface area contributed by atoms with Crippen LogP contribution in [0.2, 0.25) is 5.02 Å². The molecule has 0 radical (unpaired) electrons. The van der Waals surface area contributed by atoms with Crippen molar-refractivity contribution in [3.8, 4) is 0 Å². The van der Waals surface area contributed by atoms with E-state index in [2.05, 4.69) is 42.2 Å². The van der Waals surface area contributed by atoms with Gasteiger partial charge < -0.3 is 15.1 Å². The van der Waals surface area contributed by atoms with Gasteiger partial charge in [-0.05, 0) is 38.7 Å². The van der Waals surface area contributed by atoms with Crippen LogP contribution in [0.3, 0.4) is 0 Å². The second-order valence-electron chi connectivity index (χ2n) is 5.69. The zero-order valence-corrected chi connectivity index (χ0v) is 13.0. The van der Waals surface area contributed by atoms with Crippen LogP contribution in [-0.2, 0) is 6.54 Å². The van der Waals surface area contributed by atoms with Crippen molar-refractivity contribution in [3.05, 3.63) is 28.8 Å². The summed E-state index contributed by atoms with van der Waals surface area (Å²) in [6.45, 7) is 5.30. The van der Waals surface area contributed by atoms with Crippen LogP contribution in [0.5, 0.6) is 0 Å². The highest BCUT2D eigenvalue weighted by molar-refractivity contribution is 6.33. The predicted molar refractivity (Wildman–Crippen MR) is 83.1 cm³/mol.